The van der Waals surface area contributed by atoms with Gasteiger partial charge in [0.15, 0.2) is 0 Å². The summed E-state index contributed by atoms with van der Waals surface area (Å²) in [5.74, 6) is 0. The molecule has 1 aromatic rings. The lowest BCUT2D eigenvalue weighted by molar-refractivity contribution is 0.321. The summed E-state index contributed by atoms with van der Waals surface area (Å²) in [6.07, 6.45) is 0. The van der Waals surface area contributed by atoms with Gasteiger partial charge in [0.25, 0.3) is 0 Å². The quantitative estimate of drug-likeness (QED) is 0.522. The van der Waals surface area contributed by atoms with Crippen molar-refractivity contribution in [1.82, 2.24) is 4.90 Å². The first-order chi connectivity index (χ1) is 9.63. The molecule has 20 heavy (non-hydrogen) atoms. The molecule has 1 aromatic carbocycles. The maximum Gasteiger partial charge on any atom is 0.116 e. The lowest BCUT2D eigenvalue weighted by atomic mass is 10.2. The van der Waals surface area contributed by atoms with Crippen molar-refractivity contribution in [3.05, 3.63) is 41.6 Å². The number of hydrogen-bond acceptors (Lipinski definition) is 4. The summed E-state index contributed by atoms with van der Waals surface area (Å²) in [6, 6.07) is 12.5. The average molecular weight is 286 g/mol. The van der Waals surface area contributed by atoms with Crippen LogP contribution in [0.15, 0.2) is 41.6 Å². The number of piperazine rings is 1. The minimum atomic E-state index is 0.176. The van der Waals surface area contributed by atoms with Crippen LogP contribution >= 0.6 is 12.2 Å². The fourth-order valence-corrected chi connectivity index (χ4v) is 2.60. The first-order valence-corrected chi connectivity index (χ1v) is 7.00. The van der Waals surface area contributed by atoms with Gasteiger partial charge in [-0.1, -0.05) is 30.4 Å². The second-order valence-corrected chi connectivity index (χ2v) is 5.19. The minimum absolute atomic E-state index is 0.176. The number of anilines is 1. The first-order valence-electron chi connectivity index (χ1n) is 6.59. The van der Waals surface area contributed by atoms with Gasteiger partial charge in [-0.3, -0.25) is 0 Å². The third-order valence-corrected chi connectivity index (χ3v) is 3.80. The van der Waals surface area contributed by atoms with Gasteiger partial charge in [0.1, 0.15) is 16.6 Å². The molecule has 2 N–H and O–H groups in total. The van der Waals surface area contributed by atoms with E-state index in [-0.39, 0.29) is 4.99 Å². The molecule has 0 bridgehead atoms. The molecule has 0 radical (unpaired) electrons. The Labute approximate surface area is 125 Å². The van der Waals surface area contributed by atoms with E-state index in [9.17, 15) is 0 Å². The van der Waals surface area contributed by atoms with Gasteiger partial charge in [-0.15, -0.1) is 0 Å². The zero-order valence-corrected chi connectivity index (χ0v) is 12.4. The van der Waals surface area contributed by atoms with Gasteiger partial charge >= 0.3 is 0 Å². The molecule has 0 amide bonds. The molecule has 1 aliphatic heterocycles. The van der Waals surface area contributed by atoms with Gasteiger partial charge in [-0.25, -0.2) is 0 Å². The molecule has 0 aliphatic carbocycles. The molecular formula is C15H18N4S. The number of benzene rings is 1. The predicted molar refractivity (Wildman–Crippen MR) is 85.3 cm³/mol. The Bertz CT molecular complexity index is 551. The van der Waals surface area contributed by atoms with Gasteiger partial charge in [-0.2, -0.15) is 5.26 Å². The molecule has 5 heteroatoms. The lowest BCUT2D eigenvalue weighted by Crippen LogP contribution is -2.46. The largest absolute Gasteiger partial charge is 0.389 e. The standard InChI is InChI=1S/C15H18N4S/c1-12(14(11-16)15(17)20)18-7-9-19(10-8-18)13-5-3-2-4-6-13/h2-6H,7-10H2,1H3,(H2,17,20)/b14-12+. The Kier molecular flexibility index (Phi) is 4.59. The third kappa shape index (κ3) is 3.09. The van der Waals surface area contributed by atoms with E-state index in [4.69, 9.17) is 23.2 Å². The summed E-state index contributed by atoms with van der Waals surface area (Å²) in [5.41, 5.74) is 8.13. The van der Waals surface area contributed by atoms with E-state index in [1.54, 1.807) is 0 Å². The Balaban J connectivity index is 2.05. The average Bonchev–Trinajstić information content (AvgIpc) is 2.48. The SMILES string of the molecule is C/C(=C(/C#N)C(N)=S)N1CCN(c2ccccc2)CC1. The second-order valence-electron chi connectivity index (χ2n) is 4.75. The van der Waals surface area contributed by atoms with Crippen molar-refractivity contribution in [2.45, 2.75) is 6.92 Å². The van der Waals surface area contributed by atoms with Crippen molar-refractivity contribution in [2.24, 2.45) is 5.73 Å². The zero-order valence-electron chi connectivity index (χ0n) is 11.5. The Morgan fingerprint density at radius 3 is 2.30 bits per heavy atom. The summed E-state index contributed by atoms with van der Waals surface area (Å²) in [4.78, 5) is 4.70. The van der Waals surface area contributed by atoms with E-state index >= 15 is 0 Å². The summed E-state index contributed by atoms with van der Waals surface area (Å²) in [6.45, 7) is 5.51. The molecule has 2 rings (SSSR count). The molecular weight excluding hydrogens is 268 g/mol. The number of nitrogens with two attached hydrogens (primary N) is 1. The van der Waals surface area contributed by atoms with Gasteiger partial charge in [0, 0.05) is 37.6 Å². The number of rotatable bonds is 3. The fourth-order valence-electron chi connectivity index (χ4n) is 2.41. The Morgan fingerprint density at radius 2 is 1.80 bits per heavy atom. The van der Waals surface area contributed by atoms with Crippen LogP contribution in [0.25, 0.3) is 0 Å². The summed E-state index contributed by atoms with van der Waals surface area (Å²) >= 11 is 4.92. The van der Waals surface area contributed by atoms with Crippen molar-refractivity contribution in [2.75, 3.05) is 31.1 Å². The van der Waals surface area contributed by atoms with Crippen LogP contribution < -0.4 is 10.6 Å². The molecule has 0 saturated carbocycles. The minimum Gasteiger partial charge on any atom is -0.389 e. The van der Waals surface area contributed by atoms with Gasteiger partial charge < -0.3 is 15.5 Å². The maximum absolute atomic E-state index is 9.12. The molecule has 4 nitrogen and oxygen atoms in total. The van der Waals surface area contributed by atoms with E-state index in [1.807, 2.05) is 25.1 Å². The fraction of sp³-hybridized carbons (Fsp3) is 0.333. The molecule has 0 spiro atoms. The topological polar surface area (TPSA) is 56.3 Å². The highest BCUT2D eigenvalue weighted by Crippen LogP contribution is 2.18. The highest BCUT2D eigenvalue weighted by Gasteiger charge is 2.19. The molecule has 1 saturated heterocycles. The summed E-state index contributed by atoms with van der Waals surface area (Å²) < 4.78 is 0. The van der Waals surface area contributed by atoms with Crippen LogP contribution in [0.5, 0.6) is 0 Å². The van der Waals surface area contributed by atoms with E-state index in [2.05, 4.69) is 28.0 Å². The van der Waals surface area contributed by atoms with Crippen LogP contribution in [0.3, 0.4) is 0 Å². The van der Waals surface area contributed by atoms with Crippen LogP contribution in [0.4, 0.5) is 5.69 Å². The maximum atomic E-state index is 9.12. The number of para-hydroxylation sites is 1. The van der Waals surface area contributed by atoms with E-state index < -0.39 is 0 Å². The summed E-state index contributed by atoms with van der Waals surface area (Å²) in [7, 11) is 0. The molecule has 1 aliphatic rings. The number of allylic oxidation sites excluding steroid dienone is 1. The van der Waals surface area contributed by atoms with E-state index in [1.165, 1.54) is 5.69 Å². The van der Waals surface area contributed by atoms with Crippen LogP contribution in [0.2, 0.25) is 0 Å². The number of thiocarbonyl (C=S) groups is 1. The lowest BCUT2D eigenvalue weighted by Gasteiger charge is -2.38. The van der Waals surface area contributed by atoms with E-state index in [0.29, 0.717) is 5.57 Å². The monoisotopic (exact) mass is 286 g/mol. The zero-order chi connectivity index (χ0) is 14.5. The molecule has 0 aromatic heterocycles. The van der Waals surface area contributed by atoms with Gasteiger partial charge in [0.05, 0.1) is 0 Å². The Hall–Kier alpha value is -2.06. The van der Waals surface area contributed by atoms with Crippen LogP contribution in [-0.4, -0.2) is 36.1 Å². The van der Waals surface area contributed by atoms with Crippen LogP contribution in [0.1, 0.15) is 6.92 Å². The van der Waals surface area contributed by atoms with E-state index in [0.717, 1.165) is 31.9 Å². The van der Waals surface area contributed by atoms with Crippen molar-refractivity contribution in [3.63, 3.8) is 0 Å². The summed E-state index contributed by atoms with van der Waals surface area (Å²) in [5, 5.41) is 9.12. The normalized spacial score (nSPS) is 16.4. The highest BCUT2D eigenvalue weighted by molar-refractivity contribution is 7.80. The van der Waals surface area contributed by atoms with Crippen LogP contribution in [0, 0.1) is 11.3 Å². The molecule has 1 fully saturated rings. The molecule has 104 valence electrons. The molecule has 1 heterocycles. The molecule has 0 atom stereocenters. The van der Waals surface area contributed by atoms with Crippen molar-refractivity contribution in [1.29, 1.82) is 5.26 Å². The molecule has 0 unspecified atom stereocenters. The Morgan fingerprint density at radius 1 is 1.20 bits per heavy atom. The highest BCUT2D eigenvalue weighted by atomic mass is 32.1. The first kappa shape index (κ1) is 14.4. The number of hydrogen-bond donors (Lipinski definition) is 1. The van der Waals surface area contributed by atoms with Crippen molar-refractivity contribution < 1.29 is 0 Å². The van der Waals surface area contributed by atoms with Crippen molar-refractivity contribution >= 4 is 22.9 Å². The van der Waals surface area contributed by atoms with Crippen LogP contribution in [-0.2, 0) is 0 Å². The number of nitrogens with zero attached hydrogens (tertiary/aromatic N) is 3. The number of nitriles is 1. The van der Waals surface area contributed by atoms with Gasteiger partial charge in [-0.05, 0) is 19.1 Å². The second kappa shape index (κ2) is 6.40. The van der Waals surface area contributed by atoms with Gasteiger partial charge in [0.2, 0.25) is 0 Å². The predicted octanol–water partition coefficient (Wildman–Crippen LogP) is 1.89. The smallest absolute Gasteiger partial charge is 0.116 e. The third-order valence-electron chi connectivity index (χ3n) is 3.60. The van der Waals surface area contributed by atoms with Crippen molar-refractivity contribution in [3.8, 4) is 6.07 Å².